The summed E-state index contributed by atoms with van der Waals surface area (Å²) in [6, 6.07) is 9.25. The lowest BCUT2D eigenvalue weighted by molar-refractivity contribution is 0.0515. The van der Waals surface area contributed by atoms with E-state index in [4.69, 9.17) is 4.74 Å². The van der Waals surface area contributed by atoms with E-state index >= 15 is 0 Å². The quantitative estimate of drug-likeness (QED) is 0.854. The molecule has 5 nitrogen and oxygen atoms in total. The van der Waals surface area contributed by atoms with Gasteiger partial charge >= 0.3 is 6.09 Å². The van der Waals surface area contributed by atoms with E-state index in [1.807, 2.05) is 37.4 Å². The van der Waals surface area contributed by atoms with Crippen molar-refractivity contribution in [3.63, 3.8) is 0 Å². The third kappa shape index (κ3) is 4.22. The lowest BCUT2D eigenvalue weighted by Crippen LogP contribution is -2.54. The first-order chi connectivity index (χ1) is 9.15. The molecule has 1 aliphatic rings. The molecule has 0 spiro atoms. The summed E-state index contributed by atoms with van der Waals surface area (Å²) in [4.78, 5) is 13.8. The highest BCUT2D eigenvalue weighted by Crippen LogP contribution is 2.09. The van der Waals surface area contributed by atoms with Crippen LogP contribution in [0.4, 0.5) is 4.79 Å². The number of likely N-dealkylation sites (tertiary alicyclic amines) is 1. The number of aliphatic hydroxyl groups excluding tert-OH is 1. The average molecular weight is 264 g/mol. The number of rotatable bonds is 3. The molecule has 1 aliphatic heterocycles. The van der Waals surface area contributed by atoms with Gasteiger partial charge in [0.15, 0.2) is 0 Å². The largest absolute Gasteiger partial charge is 0.445 e. The highest BCUT2D eigenvalue weighted by atomic mass is 16.5. The zero-order valence-electron chi connectivity index (χ0n) is 11.1. The van der Waals surface area contributed by atoms with Crippen molar-refractivity contribution in [1.82, 2.24) is 10.2 Å². The van der Waals surface area contributed by atoms with Gasteiger partial charge in [-0.15, -0.1) is 0 Å². The summed E-state index contributed by atoms with van der Waals surface area (Å²) in [7, 11) is 1.97. The van der Waals surface area contributed by atoms with Gasteiger partial charge in [-0.05, 0) is 19.0 Å². The lowest BCUT2D eigenvalue weighted by atomic mass is 10.0. The maximum atomic E-state index is 11.7. The fourth-order valence-electron chi connectivity index (χ4n) is 2.16. The average Bonchev–Trinajstić information content (AvgIpc) is 2.42. The Kier molecular flexibility index (Phi) is 4.76. The standard InChI is InChI=1S/C14H20N2O3/c1-16-8-7-13(17)12(9-16)15-14(18)19-10-11-5-3-2-4-6-11/h2-6,12-13,17H,7-10H2,1H3,(H,15,18)/t12-,13-/m0/s1. The maximum Gasteiger partial charge on any atom is 0.407 e. The van der Waals surface area contributed by atoms with Crippen molar-refractivity contribution in [2.75, 3.05) is 20.1 Å². The van der Waals surface area contributed by atoms with Crippen LogP contribution in [0.25, 0.3) is 0 Å². The fourth-order valence-corrected chi connectivity index (χ4v) is 2.16. The molecule has 1 aromatic rings. The third-order valence-electron chi connectivity index (χ3n) is 3.30. The van der Waals surface area contributed by atoms with Gasteiger partial charge in [-0.1, -0.05) is 30.3 Å². The summed E-state index contributed by atoms with van der Waals surface area (Å²) in [5, 5.41) is 12.5. The number of carbonyl (C=O) groups excluding carboxylic acids is 1. The maximum absolute atomic E-state index is 11.7. The Balaban J connectivity index is 1.77. The van der Waals surface area contributed by atoms with E-state index in [2.05, 4.69) is 10.2 Å². The molecule has 2 atom stereocenters. The molecule has 0 aromatic heterocycles. The van der Waals surface area contributed by atoms with Crippen molar-refractivity contribution < 1.29 is 14.6 Å². The summed E-state index contributed by atoms with van der Waals surface area (Å²) in [5.41, 5.74) is 0.943. The molecule has 1 saturated heterocycles. The van der Waals surface area contributed by atoms with Gasteiger partial charge in [0.25, 0.3) is 0 Å². The minimum absolute atomic E-state index is 0.241. The summed E-state index contributed by atoms with van der Waals surface area (Å²) in [5.74, 6) is 0. The number of amides is 1. The summed E-state index contributed by atoms with van der Waals surface area (Å²) in [6.07, 6.45) is -0.316. The number of piperidine rings is 1. The highest BCUT2D eigenvalue weighted by molar-refractivity contribution is 5.67. The van der Waals surface area contributed by atoms with Crippen LogP contribution in [0.3, 0.4) is 0 Å². The summed E-state index contributed by atoms with van der Waals surface area (Å²) < 4.78 is 5.13. The molecule has 2 rings (SSSR count). The molecule has 1 fully saturated rings. The molecule has 0 bridgehead atoms. The van der Waals surface area contributed by atoms with Crippen LogP contribution in [0.15, 0.2) is 30.3 Å². The molecule has 2 N–H and O–H groups in total. The molecule has 19 heavy (non-hydrogen) atoms. The first-order valence-corrected chi connectivity index (χ1v) is 6.49. The van der Waals surface area contributed by atoms with E-state index in [1.54, 1.807) is 0 Å². The van der Waals surface area contributed by atoms with E-state index in [0.717, 1.165) is 12.1 Å². The summed E-state index contributed by atoms with van der Waals surface area (Å²) in [6.45, 7) is 1.73. The predicted octanol–water partition coefficient (Wildman–Crippen LogP) is 0.978. The molecule has 1 amide bonds. The molecule has 1 heterocycles. The first kappa shape index (κ1) is 13.8. The Morgan fingerprint density at radius 3 is 2.95 bits per heavy atom. The Bertz CT molecular complexity index is 410. The van der Waals surface area contributed by atoms with E-state index in [1.165, 1.54) is 0 Å². The van der Waals surface area contributed by atoms with Crippen LogP contribution in [-0.4, -0.2) is 48.4 Å². The molecule has 104 valence electrons. The second kappa shape index (κ2) is 6.54. The lowest BCUT2D eigenvalue weighted by Gasteiger charge is -2.33. The molecule has 1 aromatic carbocycles. The zero-order valence-corrected chi connectivity index (χ0v) is 11.1. The van der Waals surface area contributed by atoms with E-state index in [-0.39, 0.29) is 12.6 Å². The minimum atomic E-state index is -0.500. The number of hydrogen-bond donors (Lipinski definition) is 2. The zero-order chi connectivity index (χ0) is 13.7. The van der Waals surface area contributed by atoms with Crippen LogP contribution in [-0.2, 0) is 11.3 Å². The van der Waals surface area contributed by atoms with E-state index < -0.39 is 12.2 Å². The number of carbonyl (C=O) groups is 1. The van der Waals surface area contributed by atoms with Crippen molar-refractivity contribution in [3.05, 3.63) is 35.9 Å². The molecule has 0 unspecified atom stereocenters. The van der Waals surface area contributed by atoms with Gasteiger partial charge in [-0.25, -0.2) is 4.79 Å². The molecular weight excluding hydrogens is 244 g/mol. The minimum Gasteiger partial charge on any atom is -0.445 e. The van der Waals surface area contributed by atoms with Crippen LogP contribution in [0.1, 0.15) is 12.0 Å². The van der Waals surface area contributed by atoms with Crippen LogP contribution in [0.5, 0.6) is 0 Å². The SMILES string of the molecule is CN1CC[C@H](O)[C@@H](NC(=O)OCc2ccccc2)C1. The molecule has 0 radical (unpaired) electrons. The van der Waals surface area contributed by atoms with Gasteiger partial charge < -0.3 is 20.1 Å². The first-order valence-electron chi connectivity index (χ1n) is 6.49. The molecule has 0 saturated carbocycles. The molecule has 5 heteroatoms. The van der Waals surface area contributed by atoms with Crippen LogP contribution < -0.4 is 5.32 Å². The molecular formula is C14H20N2O3. The Labute approximate surface area is 113 Å². The van der Waals surface area contributed by atoms with Gasteiger partial charge in [0.1, 0.15) is 6.61 Å². The second-order valence-corrected chi connectivity index (χ2v) is 4.93. The smallest absolute Gasteiger partial charge is 0.407 e. The van der Waals surface area contributed by atoms with Gasteiger partial charge in [-0.2, -0.15) is 0 Å². The van der Waals surface area contributed by atoms with Crippen molar-refractivity contribution in [2.24, 2.45) is 0 Å². The number of nitrogens with one attached hydrogen (secondary N) is 1. The van der Waals surface area contributed by atoms with Crippen molar-refractivity contribution in [1.29, 1.82) is 0 Å². The highest BCUT2D eigenvalue weighted by Gasteiger charge is 2.27. The number of hydrogen-bond acceptors (Lipinski definition) is 4. The van der Waals surface area contributed by atoms with Gasteiger partial charge in [0, 0.05) is 13.1 Å². The predicted molar refractivity (Wildman–Crippen MR) is 71.7 cm³/mol. The number of alkyl carbamates (subject to hydrolysis) is 1. The Morgan fingerprint density at radius 1 is 1.47 bits per heavy atom. The number of likely N-dealkylation sites (N-methyl/N-ethyl adjacent to an activating group) is 1. The Morgan fingerprint density at radius 2 is 2.21 bits per heavy atom. The van der Waals surface area contributed by atoms with Crippen molar-refractivity contribution in [2.45, 2.75) is 25.2 Å². The van der Waals surface area contributed by atoms with Gasteiger partial charge in [-0.3, -0.25) is 0 Å². The number of aliphatic hydroxyl groups is 1. The Hall–Kier alpha value is -1.59. The van der Waals surface area contributed by atoms with Crippen LogP contribution in [0.2, 0.25) is 0 Å². The number of benzene rings is 1. The van der Waals surface area contributed by atoms with Gasteiger partial charge in [0.05, 0.1) is 12.1 Å². The van der Waals surface area contributed by atoms with Crippen molar-refractivity contribution >= 4 is 6.09 Å². The normalized spacial score (nSPS) is 23.9. The number of ether oxygens (including phenoxy) is 1. The van der Waals surface area contributed by atoms with Crippen molar-refractivity contribution in [3.8, 4) is 0 Å². The van der Waals surface area contributed by atoms with Crippen LogP contribution >= 0.6 is 0 Å². The van der Waals surface area contributed by atoms with E-state index in [0.29, 0.717) is 13.0 Å². The topological polar surface area (TPSA) is 61.8 Å². The van der Waals surface area contributed by atoms with Crippen LogP contribution in [0, 0.1) is 0 Å². The fraction of sp³-hybridized carbons (Fsp3) is 0.500. The molecule has 0 aliphatic carbocycles. The summed E-state index contributed by atoms with van der Waals surface area (Å²) >= 11 is 0. The van der Waals surface area contributed by atoms with E-state index in [9.17, 15) is 9.90 Å². The monoisotopic (exact) mass is 264 g/mol. The van der Waals surface area contributed by atoms with Gasteiger partial charge in [0.2, 0.25) is 0 Å². The second-order valence-electron chi connectivity index (χ2n) is 4.93. The third-order valence-corrected chi connectivity index (χ3v) is 3.30. The number of nitrogens with zero attached hydrogens (tertiary/aromatic N) is 1.